The molecule has 18 heavy (non-hydrogen) atoms. The molecule has 1 saturated heterocycles. The number of hydrogen-bond donors (Lipinski definition) is 1. The normalized spacial score (nSPS) is 24.0. The molecular weight excluding hydrogens is 254 g/mol. The zero-order valence-corrected chi connectivity index (χ0v) is 11.2. The maximum absolute atomic E-state index is 12.3. The van der Waals surface area contributed by atoms with E-state index in [1.165, 1.54) is 0 Å². The van der Waals surface area contributed by atoms with E-state index in [0.717, 1.165) is 11.5 Å². The van der Waals surface area contributed by atoms with Gasteiger partial charge in [-0.15, -0.1) is 5.10 Å². The summed E-state index contributed by atoms with van der Waals surface area (Å²) in [7, 11) is 0. The molecule has 1 amide bonds. The van der Waals surface area contributed by atoms with E-state index in [-0.39, 0.29) is 12.5 Å². The van der Waals surface area contributed by atoms with Gasteiger partial charge in [0.05, 0.1) is 11.1 Å². The number of rotatable bonds is 2. The Hall–Kier alpha value is -1.50. The number of likely N-dealkylation sites (tertiary alicyclic amines) is 1. The van der Waals surface area contributed by atoms with Gasteiger partial charge in [0.2, 0.25) is 0 Å². The fourth-order valence-electron chi connectivity index (χ4n) is 2.16. The Morgan fingerprint density at radius 3 is 2.78 bits per heavy atom. The molecule has 0 aliphatic carbocycles. The van der Waals surface area contributed by atoms with Gasteiger partial charge >= 0.3 is 5.97 Å². The molecule has 1 aliphatic heterocycles. The summed E-state index contributed by atoms with van der Waals surface area (Å²) in [5, 5.41) is 13.0. The summed E-state index contributed by atoms with van der Waals surface area (Å²) in [6.45, 7) is 4.27. The molecule has 1 aromatic rings. The number of aromatic nitrogens is 2. The number of carbonyl (C=O) groups excluding carboxylic acids is 1. The number of carbonyl (C=O) groups is 2. The molecule has 2 heterocycles. The predicted molar refractivity (Wildman–Crippen MR) is 65.5 cm³/mol. The van der Waals surface area contributed by atoms with Crippen LogP contribution < -0.4 is 0 Å². The number of piperidine rings is 1. The lowest BCUT2D eigenvalue weighted by molar-refractivity contribution is -0.150. The molecule has 1 N–H and O–H groups in total. The Kier molecular flexibility index (Phi) is 3.34. The lowest BCUT2D eigenvalue weighted by Crippen LogP contribution is -2.48. The van der Waals surface area contributed by atoms with E-state index in [1.807, 2.05) is 0 Å². The van der Waals surface area contributed by atoms with Crippen LogP contribution in [0.1, 0.15) is 35.1 Å². The SMILES string of the molecule is Cc1nnsc1C(=O)N1CCCC(C)(C(=O)O)C1. The number of hydrogen-bond acceptors (Lipinski definition) is 5. The van der Waals surface area contributed by atoms with Crippen LogP contribution in [0.5, 0.6) is 0 Å². The first-order chi connectivity index (χ1) is 8.44. The average Bonchev–Trinajstić information content (AvgIpc) is 2.74. The van der Waals surface area contributed by atoms with Crippen molar-refractivity contribution in [2.75, 3.05) is 13.1 Å². The number of aliphatic carboxylic acids is 1. The Bertz CT molecular complexity index is 488. The molecule has 0 bridgehead atoms. The van der Waals surface area contributed by atoms with Crippen molar-refractivity contribution in [1.29, 1.82) is 0 Å². The second-order valence-corrected chi connectivity index (χ2v) is 5.64. The third-order valence-electron chi connectivity index (χ3n) is 3.35. The molecule has 1 aromatic heterocycles. The van der Waals surface area contributed by atoms with Gasteiger partial charge in [-0.25, -0.2) is 0 Å². The van der Waals surface area contributed by atoms with Crippen LogP contribution in [0.15, 0.2) is 0 Å². The standard InChI is InChI=1S/C11H15N3O3S/c1-7-8(18-13-12-7)9(15)14-5-3-4-11(2,6-14)10(16)17/h3-6H2,1-2H3,(H,16,17). The van der Waals surface area contributed by atoms with Gasteiger partial charge in [0, 0.05) is 13.1 Å². The largest absolute Gasteiger partial charge is 0.481 e. The smallest absolute Gasteiger partial charge is 0.311 e. The minimum Gasteiger partial charge on any atom is -0.481 e. The van der Waals surface area contributed by atoms with E-state index >= 15 is 0 Å². The second kappa shape index (κ2) is 4.64. The van der Waals surface area contributed by atoms with Gasteiger partial charge in [-0.1, -0.05) is 4.49 Å². The lowest BCUT2D eigenvalue weighted by Gasteiger charge is -2.37. The number of aryl methyl sites for hydroxylation is 1. The van der Waals surface area contributed by atoms with Crippen LogP contribution in [-0.4, -0.2) is 44.6 Å². The third kappa shape index (κ3) is 2.22. The molecule has 0 aromatic carbocycles. The molecule has 0 radical (unpaired) electrons. The quantitative estimate of drug-likeness (QED) is 0.871. The molecule has 1 aliphatic rings. The van der Waals surface area contributed by atoms with Gasteiger partial charge in [0.15, 0.2) is 0 Å². The number of carboxylic acids is 1. The van der Waals surface area contributed by atoms with Gasteiger partial charge in [-0.3, -0.25) is 9.59 Å². The van der Waals surface area contributed by atoms with E-state index < -0.39 is 11.4 Å². The molecule has 1 atom stereocenters. The van der Waals surface area contributed by atoms with Crippen LogP contribution in [0.3, 0.4) is 0 Å². The number of amides is 1. The van der Waals surface area contributed by atoms with Crippen molar-refractivity contribution in [3.05, 3.63) is 10.6 Å². The summed E-state index contributed by atoms with van der Waals surface area (Å²) >= 11 is 1.06. The van der Waals surface area contributed by atoms with Crippen LogP contribution >= 0.6 is 11.5 Å². The minimum atomic E-state index is -0.848. The zero-order chi connectivity index (χ0) is 13.3. The first-order valence-electron chi connectivity index (χ1n) is 5.76. The maximum atomic E-state index is 12.3. The monoisotopic (exact) mass is 269 g/mol. The van der Waals surface area contributed by atoms with Crippen molar-refractivity contribution >= 4 is 23.4 Å². The molecular formula is C11H15N3O3S. The van der Waals surface area contributed by atoms with Crippen molar-refractivity contribution in [3.8, 4) is 0 Å². The van der Waals surface area contributed by atoms with Crippen molar-refractivity contribution in [2.45, 2.75) is 26.7 Å². The first-order valence-corrected chi connectivity index (χ1v) is 6.53. The van der Waals surface area contributed by atoms with Gasteiger partial charge in [-0.05, 0) is 38.2 Å². The van der Waals surface area contributed by atoms with Gasteiger partial charge in [0.25, 0.3) is 5.91 Å². The predicted octanol–water partition coefficient (Wildman–Crippen LogP) is 1.17. The zero-order valence-electron chi connectivity index (χ0n) is 10.3. The summed E-state index contributed by atoms with van der Waals surface area (Å²) in [6, 6.07) is 0. The Labute approximate surface area is 109 Å². The molecule has 98 valence electrons. The van der Waals surface area contributed by atoms with Crippen molar-refractivity contribution < 1.29 is 14.7 Å². The van der Waals surface area contributed by atoms with Crippen LogP contribution in [0.25, 0.3) is 0 Å². The second-order valence-electron chi connectivity index (χ2n) is 4.88. The van der Waals surface area contributed by atoms with Crippen LogP contribution in [0.2, 0.25) is 0 Å². The van der Waals surface area contributed by atoms with Gasteiger partial charge < -0.3 is 10.0 Å². The fourth-order valence-corrected chi connectivity index (χ4v) is 2.78. The average molecular weight is 269 g/mol. The lowest BCUT2D eigenvalue weighted by atomic mass is 9.82. The molecule has 1 unspecified atom stereocenters. The van der Waals surface area contributed by atoms with Gasteiger partial charge in [0.1, 0.15) is 4.88 Å². The van der Waals surface area contributed by atoms with Crippen LogP contribution in [-0.2, 0) is 4.79 Å². The molecule has 0 spiro atoms. The first kappa shape index (κ1) is 12.9. The van der Waals surface area contributed by atoms with Crippen molar-refractivity contribution in [1.82, 2.24) is 14.5 Å². The Balaban J connectivity index is 2.17. The molecule has 6 nitrogen and oxygen atoms in total. The molecule has 1 fully saturated rings. The summed E-state index contributed by atoms with van der Waals surface area (Å²) in [5.74, 6) is -1.01. The highest BCUT2D eigenvalue weighted by Gasteiger charge is 2.40. The number of nitrogens with zero attached hydrogens (tertiary/aromatic N) is 3. The van der Waals surface area contributed by atoms with Gasteiger partial charge in [-0.2, -0.15) is 0 Å². The third-order valence-corrected chi connectivity index (χ3v) is 4.16. The van der Waals surface area contributed by atoms with Crippen LogP contribution in [0, 0.1) is 12.3 Å². The Morgan fingerprint density at radius 1 is 1.50 bits per heavy atom. The fraction of sp³-hybridized carbons (Fsp3) is 0.636. The summed E-state index contributed by atoms with van der Waals surface area (Å²) in [5.41, 5.74) is -0.243. The molecule has 7 heteroatoms. The molecule has 2 rings (SSSR count). The maximum Gasteiger partial charge on any atom is 0.311 e. The topological polar surface area (TPSA) is 83.4 Å². The number of carboxylic acid groups (broad SMARTS) is 1. The Morgan fingerprint density at radius 2 is 2.22 bits per heavy atom. The highest BCUT2D eigenvalue weighted by molar-refractivity contribution is 7.07. The highest BCUT2D eigenvalue weighted by atomic mass is 32.1. The van der Waals surface area contributed by atoms with Crippen molar-refractivity contribution in [2.24, 2.45) is 5.41 Å². The van der Waals surface area contributed by atoms with Crippen LogP contribution in [0.4, 0.5) is 0 Å². The summed E-state index contributed by atoms with van der Waals surface area (Å²) in [4.78, 5) is 25.6. The van der Waals surface area contributed by atoms with E-state index in [2.05, 4.69) is 9.59 Å². The highest BCUT2D eigenvalue weighted by Crippen LogP contribution is 2.30. The van der Waals surface area contributed by atoms with E-state index in [9.17, 15) is 14.7 Å². The van der Waals surface area contributed by atoms with Crippen molar-refractivity contribution in [3.63, 3.8) is 0 Å². The summed E-state index contributed by atoms with van der Waals surface area (Å²) in [6.07, 6.45) is 1.31. The minimum absolute atomic E-state index is 0.158. The van der Waals surface area contributed by atoms with E-state index in [1.54, 1.807) is 18.7 Å². The summed E-state index contributed by atoms with van der Waals surface area (Å²) < 4.78 is 3.74. The molecule has 0 saturated carbocycles. The van der Waals surface area contributed by atoms with E-state index in [0.29, 0.717) is 30.0 Å². The van der Waals surface area contributed by atoms with E-state index in [4.69, 9.17) is 0 Å².